The fraction of sp³-hybridized carbons (Fsp3) is 0.300. The van der Waals surface area contributed by atoms with Crippen molar-refractivity contribution in [1.82, 2.24) is 20.2 Å². The highest BCUT2D eigenvalue weighted by Gasteiger charge is 2.09. The maximum absolute atomic E-state index is 12.0. The number of fused-ring (bicyclic) bond motifs is 1. The molecule has 2 amide bonds. The van der Waals surface area contributed by atoms with Gasteiger partial charge in [-0.25, -0.2) is 9.78 Å². The van der Waals surface area contributed by atoms with Gasteiger partial charge in [-0.3, -0.25) is 0 Å². The lowest BCUT2D eigenvalue weighted by molar-refractivity contribution is 0.237. The Balaban J connectivity index is 1.46. The van der Waals surface area contributed by atoms with Crippen LogP contribution in [0.25, 0.3) is 11.0 Å². The molecule has 130 valence electrons. The highest BCUT2D eigenvalue weighted by Crippen LogP contribution is 2.15. The van der Waals surface area contributed by atoms with Gasteiger partial charge < -0.3 is 15.2 Å². The number of nitrogens with one attached hydrogen (secondary N) is 2. The minimum absolute atomic E-state index is 0.0129. The third kappa shape index (κ3) is 4.18. The molecule has 0 saturated heterocycles. The molecule has 3 aromatic rings. The summed E-state index contributed by atoms with van der Waals surface area (Å²) in [5.74, 6) is 1.00. The number of aromatic nitrogens is 2. The van der Waals surface area contributed by atoms with Gasteiger partial charge in [-0.15, -0.1) is 0 Å². The van der Waals surface area contributed by atoms with E-state index in [0.29, 0.717) is 6.54 Å². The second kappa shape index (κ2) is 7.83. The van der Waals surface area contributed by atoms with Crippen LogP contribution in [0, 0.1) is 6.92 Å². The molecule has 1 heterocycles. The van der Waals surface area contributed by atoms with Gasteiger partial charge in [-0.05, 0) is 38.0 Å². The topological polar surface area (TPSA) is 59.0 Å². The van der Waals surface area contributed by atoms with Gasteiger partial charge in [0.1, 0.15) is 5.82 Å². The first-order valence-corrected chi connectivity index (χ1v) is 8.66. The number of para-hydroxylation sites is 2. The van der Waals surface area contributed by atoms with Crippen molar-refractivity contribution >= 4 is 17.1 Å². The number of hydrogen-bond donors (Lipinski definition) is 2. The number of carbonyl (C=O) groups is 1. The average Bonchev–Trinajstić information content (AvgIpc) is 2.95. The number of amides is 2. The van der Waals surface area contributed by atoms with Crippen molar-refractivity contribution in [3.8, 4) is 0 Å². The van der Waals surface area contributed by atoms with E-state index in [1.165, 1.54) is 0 Å². The first-order chi connectivity index (χ1) is 12.1. The first-order valence-electron chi connectivity index (χ1n) is 8.66. The molecule has 5 nitrogen and oxygen atoms in total. The zero-order valence-electron chi connectivity index (χ0n) is 14.7. The normalized spacial score (nSPS) is 12.1. The molecule has 1 atom stereocenters. The maximum atomic E-state index is 12.0. The Morgan fingerprint density at radius 3 is 2.64 bits per heavy atom. The van der Waals surface area contributed by atoms with E-state index in [9.17, 15) is 4.79 Å². The zero-order chi connectivity index (χ0) is 17.6. The lowest BCUT2D eigenvalue weighted by atomic mass is 10.1. The van der Waals surface area contributed by atoms with Crippen molar-refractivity contribution in [1.29, 1.82) is 0 Å². The third-order valence-corrected chi connectivity index (χ3v) is 4.34. The molecule has 2 N–H and O–H groups in total. The average molecular weight is 336 g/mol. The molecule has 0 aliphatic heterocycles. The van der Waals surface area contributed by atoms with E-state index in [-0.39, 0.29) is 12.1 Å². The van der Waals surface area contributed by atoms with Crippen molar-refractivity contribution in [3.05, 3.63) is 66.0 Å². The Kier molecular flexibility index (Phi) is 5.33. The van der Waals surface area contributed by atoms with E-state index in [4.69, 9.17) is 0 Å². The van der Waals surface area contributed by atoms with Crippen molar-refractivity contribution < 1.29 is 4.79 Å². The van der Waals surface area contributed by atoms with Gasteiger partial charge in [-0.1, -0.05) is 42.5 Å². The summed E-state index contributed by atoms with van der Waals surface area (Å²) >= 11 is 0. The second-order valence-corrected chi connectivity index (χ2v) is 6.19. The lowest BCUT2D eigenvalue weighted by Gasteiger charge is -2.15. The van der Waals surface area contributed by atoms with E-state index < -0.39 is 0 Å². The van der Waals surface area contributed by atoms with E-state index in [2.05, 4.69) is 26.3 Å². The smallest absolute Gasteiger partial charge is 0.315 e. The predicted molar refractivity (Wildman–Crippen MR) is 100 cm³/mol. The number of rotatable bonds is 6. The third-order valence-electron chi connectivity index (χ3n) is 4.34. The van der Waals surface area contributed by atoms with Gasteiger partial charge in [-0.2, -0.15) is 0 Å². The van der Waals surface area contributed by atoms with E-state index in [0.717, 1.165) is 35.4 Å². The molecular weight excluding hydrogens is 312 g/mol. The number of imidazole rings is 1. The molecule has 0 aliphatic carbocycles. The number of urea groups is 1. The minimum Gasteiger partial charge on any atom is -0.338 e. The molecule has 0 unspecified atom stereocenters. The molecule has 0 fully saturated rings. The highest BCUT2D eigenvalue weighted by atomic mass is 16.2. The minimum atomic E-state index is -0.136. The Labute approximate surface area is 148 Å². The number of aryl methyl sites for hydroxylation is 2. The highest BCUT2D eigenvalue weighted by molar-refractivity contribution is 5.76. The Morgan fingerprint density at radius 1 is 1.12 bits per heavy atom. The van der Waals surface area contributed by atoms with Gasteiger partial charge >= 0.3 is 6.03 Å². The van der Waals surface area contributed by atoms with Crippen LogP contribution in [0.5, 0.6) is 0 Å². The van der Waals surface area contributed by atoms with Gasteiger partial charge in [0.15, 0.2) is 0 Å². The Hall–Kier alpha value is -2.82. The summed E-state index contributed by atoms with van der Waals surface area (Å²) in [5.41, 5.74) is 3.25. The molecule has 0 spiro atoms. The largest absolute Gasteiger partial charge is 0.338 e. The van der Waals surface area contributed by atoms with E-state index in [1.807, 2.05) is 62.4 Å². The number of carbonyl (C=O) groups excluding carboxylic acids is 1. The number of hydrogen-bond acceptors (Lipinski definition) is 2. The summed E-state index contributed by atoms with van der Waals surface area (Å²) in [6.07, 6.45) is 0.855. The summed E-state index contributed by atoms with van der Waals surface area (Å²) in [4.78, 5) is 16.6. The van der Waals surface area contributed by atoms with Crippen LogP contribution >= 0.6 is 0 Å². The molecule has 0 bridgehead atoms. The lowest BCUT2D eigenvalue weighted by Crippen LogP contribution is -2.37. The number of nitrogens with zero attached hydrogens (tertiary/aromatic N) is 2. The van der Waals surface area contributed by atoms with Crippen molar-refractivity contribution in [2.24, 2.45) is 0 Å². The number of benzene rings is 2. The predicted octanol–water partition coefficient (Wildman–Crippen LogP) is 3.80. The van der Waals surface area contributed by atoms with Gasteiger partial charge in [0.2, 0.25) is 0 Å². The van der Waals surface area contributed by atoms with Gasteiger partial charge in [0.25, 0.3) is 0 Å². The van der Waals surface area contributed by atoms with Crippen LogP contribution in [0.4, 0.5) is 4.79 Å². The molecular formula is C20H24N4O. The Bertz CT molecular complexity index is 841. The fourth-order valence-corrected chi connectivity index (χ4v) is 2.99. The maximum Gasteiger partial charge on any atom is 0.315 e. The second-order valence-electron chi connectivity index (χ2n) is 6.19. The molecule has 2 aromatic carbocycles. The summed E-state index contributed by atoms with van der Waals surface area (Å²) in [5, 5.41) is 5.89. The van der Waals surface area contributed by atoms with E-state index in [1.54, 1.807) is 0 Å². The van der Waals surface area contributed by atoms with Gasteiger partial charge in [0.05, 0.1) is 17.1 Å². The zero-order valence-corrected chi connectivity index (χ0v) is 14.7. The summed E-state index contributed by atoms with van der Waals surface area (Å²) in [7, 11) is 0. The van der Waals surface area contributed by atoms with Crippen LogP contribution in [0.3, 0.4) is 0 Å². The Morgan fingerprint density at radius 2 is 1.84 bits per heavy atom. The van der Waals surface area contributed by atoms with Crippen molar-refractivity contribution in [2.45, 2.75) is 32.9 Å². The summed E-state index contributed by atoms with van der Waals surface area (Å²) in [6.45, 7) is 5.46. The quantitative estimate of drug-likeness (QED) is 0.673. The molecule has 0 radical (unpaired) electrons. The van der Waals surface area contributed by atoms with Crippen molar-refractivity contribution in [3.63, 3.8) is 0 Å². The SMILES string of the molecule is Cc1nc2ccccc2n1CCCNC(=O)N[C@H](C)c1ccccc1. The van der Waals surface area contributed by atoms with Gasteiger partial charge in [0, 0.05) is 13.1 Å². The molecule has 25 heavy (non-hydrogen) atoms. The molecule has 5 heteroatoms. The molecule has 0 aliphatic rings. The first kappa shape index (κ1) is 17.0. The summed E-state index contributed by atoms with van der Waals surface area (Å²) in [6, 6.07) is 17.9. The molecule has 3 rings (SSSR count). The monoisotopic (exact) mass is 336 g/mol. The van der Waals surface area contributed by atoms with Crippen LogP contribution in [-0.4, -0.2) is 22.1 Å². The van der Waals surface area contributed by atoms with Crippen LogP contribution in [0.15, 0.2) is 54.6 Å². The van der Waals surface area contributed by atoms with Crippen LogP contribution in [-0.2, 0) is 6.54 Å². The van der Waals surface area contributed by atoms with Crippen LogP contribution in [0.1, 0.15) is 30.8 Å². The van der Waals surface area contributed by atoms with E-state index >= 15 is 0 Å². The van der Waals surface area contributed by atoms with Crippen molar-refractivity contribution in [2.75, 3.05) is 6.54 Å². The van der Waals surface area contributed by atoms with Crippen LogP contribution in [0.2, 0.25) is 0 Å². The molecule has 0 saturated carbocycles. The standard InChI is InChI=1S/C20H24N4O/c1-15(17-9-4-3-5-10-17)22-20(25)21-13-8-14-24-16(2)23-18-11-6-7-12-19(18)24/h3-7,9-12,15H,8,13-14H2,1-2H3,(H2,21,22,25)/t15-/m1/s1. The van der Waals surface area contributed by atoms with Crippen LogP contribution < -0.4 is 10.6 Å². The summed E-state index contributed by atoms with van der Waals surface area (Å²) < 4.78 is 2.20. The molecule has 1 aromatic heterocycles. The fourth-order valence-electron chi connectivity index (χ4n) is 2.99.